The van der Waals surface area contributed by atoms with Gasteiger partial charge in [0.2, 0.25) is 5.91 Å². The number of rotatable bonds is 7. The molecule has 1 aromatic heterocycles. The zero-order valence-corrected chi connectivity index (χ0v) is 19.9. The van der Waals surface area contributed by atoms with Gasteiger partial charge in [0.1, 0.15) is 5.69 Å². The zero-order chi connectivity index (χ0) is 24.1. The summed E-state index contributed by atoms with van der Waals surface area (Å²) in [7, 11) is 1.52. The van der Waals surface area contributed by atoms with E-state index in [2.05, 4.69) is 17.4 Å². The molecule has 0 saturated carbocycles. The molecule has 3 aromatic rings. The molecule has 0 spiro atoms. The molecule has 2 heterocycles. The van der Waals surface area contributed by atoms with E-state index in [1.165, 1.54) is 17.2 Å². The zero-order valence-electron chi connectivity index (χ0n) is 19.9. The van der Waals surface area contributed by atoms with Crippen LogP contribution in [0.4, 0.5) is 5.69 Å². The second kappa shape index (κ2) is 10.5. The Morgan fingerprint density at radius 3 is 2.24 bits per heavy atom. The van der Waals surface area contributed by atoms with Gasteiger partial charge in [-0.1, -0.05) is 48.5 Å². The van der Waals surface area contributed by atoms with Crippen molar-refractivity contribution in [1.82, 2.24) is 14.5 Å². The van der Waals surface area contributed by atoms with E-state index in [0.717, 1.165) is 18.5 Å². The summed E-state index contributed by atoms with van der Waals surface area (Å²) >= 11 is 0. The Hall–Kier alpha value is -3.61. The van der Waals surface area contributed by atoms with Crippen molar-refractivity contribution in [3.05, 3.63) is 92.8 Å². The van der Waals surface area contributed by atoms with Crippen LogP contribution in [0.3, 0.4) is 0 Å². The van der Waals surface area contributed by atoms with Gasteiger partial charge in [-0.3, -0.25) is 18.7 Å². The summed E-state index contributed by atoms with van der Waals surface area (Å²) in [6.07, 6.45) is 3.21. The first-order valence-corrected chi connectivity index (χ1v) is 11.9. The van der Waals surface area contributed by atoms with Crippen molar-refractivity contribution < 1.29 is 4.79 Å². The molecule has 1 amide bonds. The highest BCUT2D eigenvalue weighted by Gasteiger charge is 2.28. The van der Waals surface area contributed by atoms with Crippen LogP contribution in [-0.4, -0.2) is 34.7 Å². The lowest BCUT2D eigenvalue weighted by Gasteiger charge is -2.34. The predicted molar refractivity (Wildman–Crippen MR) is 135 cm³/mol. The van der Waals surface area contributed by atoms with Gasteiger partial charge in [-0.2, -0.15) is 0 Å². The van der Waals surface area contributed by atoms with Crippen LogP contribution in [0.25, 0.3) is 5.69 Å². The van der Waals surface area contributed by atoms with Gasteiger partial charge in [0.15, 0.2) is 0 Å². The third kappa shape index (κ3) is 4.98. The Kier molecular flexibility index (Phi) is 7.30. The van der Waals surface area contributed by atoms with E-state index < -0.39 is 0 Å². The smallest absolute Gasteiger partial charge is 0.335 e. The second-order valence-corrected chi connectivity index (χ2v) is 8.89. The second-order valence-electron chi connectivity index (χ2n) is 8.89. The maximum atomic E-state index is 13.0. The normalized spacial score (nSPS) is 14.2. The van der Waals surface area contributed by atoms with Crippen LogP contribution in [0.15, 0.2) is 70.3 Å². The first kappa shape index (κ1) is 23.5. The number of anilines is 1. The Balaban J connectivity index is 1.40. The molecule has 34 heavy (non-hydrogen) atoms. The Bertz CT molecular complexity index is 1240. The largest absolute Gasteiger partial charge is 0.366 e. The van der Waals surface area contributed by atoms with Gasteiger partial charge in [-0.25, -0.2) is 4.79 Å². The van der Waals surface area contributed by atoms with E-state index in [4.69, 9.17) is 0 Å². The average molecular weight is 461 g/mol. The van der Waals surface area contributed by atoms with E-state index in [9.17, 15) is 14.4 Å². The number of aryl methyl sites for hydroxylation is 1. The molecular formula is C27H32N4O3. The number of benzene rings is 2. The highest BCUT2D eigenvalue weighted by Crippen LogP contribution is 2.24. The number of amides is 1. The van der Waals surface area contributed by atoms with Crippen molar-refractivity contribution in [3.63, 3.8) is 0 Å². The predicted octanol–water partition coefficient (Wildman–Crippen LogP) is 2.81. The van der Waals surface area contributed by atoms with Gasteiger partial charge >= 0.3 is 5.69 Å². The lowest BCUT2D eigenvalue weighted by Crippen LogP contribution is -2.46. The monoisotopic (exact) mass is 460 g/mol. The molecule has 0 atom stereocenters. The summed E-state index contributed by atoms with van der Waals surface area (Å²) in [6.45, 7) is 3.68. The van der Waals surface area contributed by atoms with Gasteiger partial charge in [-0.05, 0) is 50.3 Å². The van der Waals surface area contributed by atoms with Gasteiger partial charge < -0.3 is 10.2 Å². The van der Waals surface area contributed by atoms with Crippen LogP contribution < -0.4 is 21.5 Å². The Morgan fingerprint density at radius 2 is 1.59 bits per heavy atom. The molecule has 7 heteroatoms. The number of aromatic nitrogens is 2. The molecule has 1 fully saturated rings. The number of carbonyl (C=O) groups is 1. The van der Waals surface area contributed by atoms with Crippen molar-refractivity contribution in [3.8, 4) is 5.69 Å². The van der Waals surface area contributed by atoms with Crippen LogP contribution in [0.5, 0.6) is 0 Å². The molecule has 1 saturated heterocycles. The highest BCUT2D eigenvalue weighted by molar-refractivity contribution is 5.79. The minimum absolute atomic E-state index is 0.0582. The van der Waals surface area contributed by atoms with Crippen LogP contribution in [-0.2, 0) is 18.3 Å². The number of piperidine rings is 1. The number of para-hydroxylation sites is 1. The molecular weight excluding hydrogens is 428 g/mol. The lowest BCUT2D eigenvalue weighted by molar-refractivity contribution is -0.125. The van der Waals surface area contributed by atoms with E-state index in [1.807, 2.05) is 60.4 Å². The molecule has 1 N–H and O–H groups in total. The van der Waals surface area contributed by atoms with E-state index >= 15 is 0 Å². The van der Waals surface area contributed by atoms with Gasteiger partial charge in [0, 0.05) is 32.6 Å². The first-order valence-electron chi connectivity index (χ1n) is 11.9. The van der Waals surface area contributed by atoms with Crippen LogP contribution in [0, 0.1) is 12.8 Å². The maximum Gasteiger partial charge on any atom is 0.335 e. The SMILES string of the molecule is Cc1c(N2CCC(C(=O)NCCCc3ccccc3)CC2)c(=O)n(C)c(=O)n1-c1ccccc1. The van der Waals surface area contributed by atoms with Gasteiger partial charge in [-0.15, -0.1) is 0 Å². The summed E-state index contributed by atoms with van der Waals surface area (Å²) in [5, 5.41) is 3.08. The van der Waals surface area contributed by atoms with E-state index in [0.29, 0.717) is 43.9 Å². The van der Waals surface area contributed by atoms with Crippen LogP contribution in [0.2, 0.25) is 0 Å². The van der Waals surface area contributed by atoms with Gasteiger partial charge in [0.25, 0.3) is 5.56 Å². The van der Waals surface area contributed by atoms with Crippen molar-refractivity contribution in [2.24, 2.45) is 13.0 Å². The molecule has 178 valence electrons. The third-order valence-corrected chi connectivity index (χ3v) is 6.64. The molecule has 1 aliphatic rings. The summed E-state index contributed by atoms with van der Waals surface area (Å²) in [6, 6.07) is 19.6. The summed E-state index contributed by atoms with van der Waals surface area (Å²) in [4.78, 5) is 40.6. The standard InChI is InChI=1S/C27H32N4O3/c1-20-24(26(33)29(2)27(34)31(20)23-13-7-4-8-14-23)30-18-15-22(16-19-30)25(32)28-17-9-12-21-10-5-3-6-11-21/h3-8,10-11,13-14,22H,9,12,15-19H2,1-2H3,(H,28,32). The Labute approximate surface area is 199 Å². The number of hydrogen-bond donors (Lipinski definition) is 1. The Morgan fingerprint density at radius 1 is 0.971 bits per heavy atom. The topological polar surface area (TPSA) is 76.3 Å². The molecule has 4 rings (SSSR count). The first-order chi connectivity index (χ1) is 16.5. The number of nitrogens with one attached hydrogen (secondary N) is 1. The number of nitrogens with zero attached hydrogens (tertiary/aromatic N) is 3. The van der Waals surface area contributed by atoms with Crippen molar-refractivity contribution in [2.75, 3.05) is 24.5 Å². The molecule has 2 aromatic carbocycles. The summed E-state index contributed by atoms with van der Waals surface area (Å²) in [5.74, 6) is 0.0313. The molecule has 0 unspecified atom stereocenters. The molecule has 7 nitrogen and oxygen atoms in total. The highest BCUT2D eigenvalue weighted by atomic mass is 16.2. The van der Waals surface area contributed by atoms with Crippen molar-refractivity contribution in [2.45, 2.75) is 32.6 Å². The minimum Gasteiger partial charge on any atom is -0.366 e. The fourth-order valence-corrected chi connectivity index (χ4v) is 4.70. The quantitative estimate of drug-likeness (QED) is 0.550. The van der Waals surface area contributed by atoms with Crippen molar-refractivity contribution in [1.29, 1.82) is 0 Å². The van der Waals surface area contributed by atoms with Crippen LogP contribution in [0.1, 0.15) is 30.5 Å². The summed E-state index contributed by atoms with van der Waals surface area (Å²) < 4.78 is 2.75. The fraction of sp³-hybridized carbons (Fsp3) is 0.370. The van der Waals surface area contributed by atoms with E-state index in [-0.39, 0.29) is 23.1 Å². The van der Waals surface area contributed by atoms with E-state index in [1.54, 1.807) is 4.57 Å². The number of hydrogen-bond acceptors (Lipinski definition) is 4. The average Bonchev–Trinajstić information content (AvgIpc) is 2.87. The molecule has 0 radical (unpaired) electrons. The molecule has 0 bridgehead atoms. The number of carbonyl (C=O) groups excluding carboxylic acids is 1. The maximum absolute atomic E-state index is 13.0. The third-order valence-electron chi connectivity index (χ3n) is 6.64. The molecule has 1 aliphatic heterocycles. The van der Waals surface area contributed by atoms with Crippen LogP contribution >= 0.6 is 0 Å². The lowest BCUT2D eigenvalue weighted by atomic mass is 9.95. The molecule has 0 aliphatic carbocycles. The summed E-state index contributed by atoms with van der Waals surface area (Å²) in [5.41, 5.74) is 2.52. The van der Waals surface area contributed by atoms with Crippen molar-refractivity contribution >= 4 is 11.6 Å². The minimum atomic E-state index is -0.359. The van der Waals surface area contributed by atoms with Gasteiger partial charge in [0.05, 0.1) is 11.4 Å². The fourth-order valence-electron chi connectivity index (χ4n) is 4.70.